The summed E-state index contributed by atoms with van der Waals surface area (Å²) in [4.78, 5) is 19.4. The van der Waals surface area contributed by atoms with Crippen molar-refractivity contribution >= 4 is 18.2 Å². The molecule has 23 heavy (non-hydrogen) atoms. The lowest BCUT2D eigenvalue weighted by atomic mass is 10.2. The third kappa shape index (κ3) is 6.44. The summed E-state index contributed by atoms with van der Waals surface area (Å²) < 4.78 is 5.18. The van der Waals surface area contributed by atoms with Crippen LogP contribution >= 0.6 is 0 Å². The van der Waals surface area contributed by atoms with Gasteiger partial charge in [0.15, 0.2) is 0 Å². The highest BCUT2D eigenvalue weighted by atomic mass is 16.6. The number of unbranched alkanes of at least 4 members (excludes halogenated alkanes) is 1. The standard InChI is InChI=1S/C17H28N4O2/c1-17(2,3)23-16(22)19-11-7-6-10-18-12-15-20-13-8-4-5-9-14(13)21-15/h8-9,18H,4-7,10-12H2,1-3H3,(H,19,22)(H,20,21). The molecule has 0 atom stereocenters. The summed E-state index contributed by atoms with van der Waals surface area (Å²) in [6.07, 6.45) is 8.12. The van der Waals surface area contributed by atoms with Gasteiger partial charge in [-0.15, -0.1) is 0 Å². The van der Waals surface area contributed by atoms with Crippen LogP contribution in [0.1, 0.15) is 52.3 Å². The van der Waals surface area contributed by atoms with E-state index in [9.17, 15) is 4.79 Å². The van der Waals surface area contributed by atoms with E-state index in [1.165, 1.54) is 0 Å². The Hall–Kier alpha value is -1.82. The van der Waals surface area contributed by atoms with Gasteiger partial charge < -0.3 is 20.4 Å². The molecule has 6 nitrogen and oxygen atoms in total. The number of alkyl carbamates (subject to hydrolysis) is 1. The number of ether oxygens (including phenoxy) is 1. The summed E-state index contributed by atoms with van der Waals surface area (Å²) in [5.74, 6) is 0.983. The molecular weight excluding hydrogens is 292 g/mol. The van der Waals surface area contributed by atoms with Crippen LogP contribution in [0.15, 0.2) is 0 Å². The van der Waals surface area contributed by atoms with Crippen molar-refractivity contribution in [1.29, 1.82) is 0 Å². The second-order valence-corrected chi connectivity index (χ2v) is 6.78. The Morgan fingerprint density at radius 1 is 1.26 bits per heavy atom. The van der Waals surface area contributed by atoms with Crippen molar-refractivity contribution in [2.24, 2.45) is 0 Å². The Bertz CT molecular complexity index is 594. The number of aromatic nitrogens is 2. The molecule has 1 aliphatic carbocycles. The molecule has 0 aromatic carbocycles. The van der Waals surface area contributed by atoms with E-state index in [1.54, 1.807) is 0 Å². The van der Waals surface area contributed by atoms with Crippen LogP contribution in [0.5, 0.6) is 0 Å². The maximum absolute atomic E-state index is 11.5. The van der Waals surface area contributed by atoms with E-state index < -0.39 is 5.60 Å². The van der Waals surface area contributed by atoms with Crippen molar-refractivity contribution in [3.05, 3.63) is 16.5 Å². The van der Waals surface area contributed by atoms with Gasteiger partial charge in [0.1, 0.15) is 11.4 Å². The van der Waals surface area contributed by atoms with E-state index in [-0.39, 0.29) is 6.09 Å². The summed E-state index contributed by atoms with van der Waals surface area (Å²) in [5, 5.41) is 8.36. The first-order chi connectivity index (χ1) is 10.9. The fraction of sp³-hybridized carbons (Fsp3) is 0.647. The van der Waals surface area contributed by atoms with Gasteiger partial charge in [-0.3, -0.25) is 0 Å². The number of rotatable bonds is 7. The predicted molar refractivity (Wildman–Crippen MR) is 91.2 cm³/mol. The van der Waals surface area contributed by atoms with Gasteiger partial charge in [0.05, 0.1) is 17.2 Å². The second-order valence-electron chi connectivity index (χ2n) is 6.78. The summed E-state index contributed by atoms with van der Waals surface area (Å²) in [7, 11) is 0. The quantitative estimate of drug-likeness (QED) is 0.659. The summed E-state index contributed by atoms with van der Waals surface area (Å²) in [6, 6.07) is 0. The lowest BCUT2D eigenvalue weighted by Gasteiger charge is -2.19. The molecule has 1 aliphatic rings. The van der Waals surface area contributed by atoms with Gasteiger partial charge in [0, 0.05) is 6.54 Å². The van der Waals surface area contributed by atoms with E-state index in [0.29, 0.717) is 6.54 Å². The summed E-state index contributed by atoms with van der Waals surface area (Å²) in [5.41, 5.74) is -0.442. The molecule has 0 aliphatic heterocycles. The second kappa shape index (κ2) is 8.15. The topological polar surface area (TPSA) is 79.0 Å². The van der Waals surface area contributed by atoms with Crippen LogP contribution in [0.3, 0.4) is 0 Å². The smallest absolute Gasteiger partial charge is 0.407 e. The van der Waals surface area contributed by atoms with Crippen molar-refractivity contribution in [2.75, 3.05) is 13.1 Å². The number of carbonyl (C=O) groups is 1. The highest BCUT2D eigenvalue weighted by Gasteiger charge is 2.15. The maximum Gasteiger partial charge on any atom is 0.407 e. The number of carbonyl (C=O) groups excluding carboxylic acids is 1. The summed E-state index contributed by atoms with van der Waals surface area (Å²) in [6.45, 7) is 7.86. The van der Waals surface area contributed by atoms with Gasteiger partial charge in [-0.25, -0.2) is 9.78 Å². The fourth-order valence-corrected chi connectivity index (χ4v) is 2.38. The zero-order valence-corrected chi connectivity index (χ0v) is 14.4. The molecule has 1 aromatic rings. The molecular formula is C17H28N4O2. The van der Waals surface area contributed by atoms with E-state index in [1.807, 2.05) is 20.8 Å². The highest BCUT2D eigenvalue weighted by molar-refractivity contribution is 5.67. The normalized spacial score (nSPS) is 13.7. The number of amides is 1. The van der Waals surface area contributed by atoms with E-state index in [4.69, 9.17) is 4.74 Å². The van der Waals surface area contributed by atoms with Crippen molar-refractivity contribution < 1.29 is 9.53 Å². The number of aromatic amines is 1. The molecule has 6 heteroatoms. The van der Waals surface area contributed by atoms with Gasteiger partial charge in [-0.05, 0) is 53.0 Å². The van der Waals surface area contributed by atoms with Crippen LogP contribution in [-0.2, 0) is 11.3 Å². The van der Waals surface area contributed by atoms with Gasteiger partial charge in [-0.1, -0.05) is 12.2 Å². The molecule has 2 rings (SSSR count). The number of hydrogen-bond acceptors (Lipinski definition) is 4. The van der Waals surface area contributed by atoms with Crippen LogP contribution in [-0.4, -0.2) is 34.8 Å². The Morgan fingerprint density at radius 2 is 2.00 bits per heavy atom. The number of hydrogen-bond donors (Lipinski definition) is 3. The van der Waals surface area contributed by atoms with Crippen LogP contribution < -0.4 is 21.3 Å². The molecule has 128 valence electrons. The number of imidazole rings is 1. The Labute approximate surface area is 137 Å². The van der Waals surface area contributed by atoms with Crippen molar-refractivity contribution in [3.8, 4) is 0 Å². The van der Waals surface area contributed by atoms with E-state index >= 15 is 0 Å². The molecule has 0 bridgehead atoms. The minimum absolute atomic E-state index is 0.348. The van der Waals surface area contributed by atoms with Gasteiger partial charge >= 0.3 is 6.09 Å². The molecule has 0 saturated heterocycles. The first kappa shape index (κ1) is 17.5. The number of H-pyrrole nitrogens is 1. The van der Waals surface area contributed by atoms with Gasteiger partial charge in [0.25, 0.3) is 0 Å². The number of nitrogens with one attached hydrogen (secondary N) is 3. The van der Waals surface area contributed by atoms with E-state index in [2.05, 4.69) is 32.8 Å². The highest BCUT2D eigenvalue weighted by Crippen LogP contribution is 2.06. The predicted octanol–water partition coefficient (Wildman–Crippen LogP) is 1.16. The first-order valence-corrected chi connectivity index (χ1v) is 8.37. The number of fused-ring (bicyclic) bond motifs is 1. The Kier molecular flexibility index (Phi) is 6.21. The third-order valence-corrected chi connectivity index (χ3v) is 3.40. The fourth-order valence-electron chi connectivity index (χ4n) is 2.38. The molecule has 3 N–H and O–H groups in total. The monoisotopic (exact) mass is 320 g/mol. The maximum atomic E-state index is 11.5. The lowest BCUT2D eigenvalue weighted by molar-refractivity contribution is 0.0527. The molecule has 0 fully saturated rings. The molecule has 0 spiro atoms. The Morgan fingerprint density at radius 3 is 2.74 bits per heavy atom. The van der Waals surface area contributed by atoms with Gasteiger partial charge in [0.2, 0.25) is 0 Å². The van der Waals surface area contributed by atoms with Crippen molar-refractivity contribution in [3.63, 3.8) is 0 Å². The molecule has 1 aromatic heterocycles. The minimum atomic E-state index is -0.442. The third-order valence-electron chi connectivity index (χ3n) is 3.40. The first-order valence-electron chi connectivity index (χ1n) is 8.37. The average Bonchev–Trinajstić information content (AvgIpc) is 2.87. The van der Waals surface area contributed by atoms with Crippen LogP contribution in [0.25, 0.3) is 12.2 Å². The number of nitrogens with zero attached hydrogens (tertiary/aromatic N) is 1. The lowest BCUT2D eigenvalue weighted by Crippen LogP contribution is -2.33. The van der Waals surface area contributed by atoms with Crippen LogP contribution in [0.2, 0.25) is 0 Å². The SMILES string of the molecule is CC(C)(C)OC(=O)NCCCCNCc1nc2c([nH]1)=CCCC=2. The molecule has 0 unspecified atom stereocenters. The van der Waals surface area contributed by atoms with Crippen molar-refractivity contribution in [2.45, 2.75) is 58.6 Å². The average molecular weight is 320 g/mol. The Balaban J connectivity index is 1.55. The zero-order valence-electron chi connectivity index (χ0n) is 14.4. The van der Waals surface area contributed by atoms with E-state index in [0.717, 1.165) is 55.3 Å². The van der Waals surface area contributed by atoms with Crippen molar-refractivity contribution in [1.82, 2.24) is 20.6 Å². The minimum Gasteiger partial charge on any atom is -0.444 e. The molecule has 1 amide bonds. The molecule has 0 radical (unpaired) electrons. The van der Waals surface area contributed by atoms with Crippen LogP contribution in [0, 0.1) is 0 Å². The largest absolute Gasteiger partial charge is 0.444 e. The zero-order chi connectivity index (χ0) is 16.7. The molecule has 1 heterocycles. The van der Waals surface area contributed by atoms with Crippen LogP contribution in [0.4, 0.5) is 4.79 Å². The summed E-state index contributed by atoms with van der Waals surface area (Å²) >= 11 is 0. The molecule has 0 saturated carbocycles. The van der Waals surface area contributed by atoms with Gasteiger partial charge in [-0.2, -0.15) is 0 Å².